The van der Waals surface area contributed by atoms with Crippen molar-refractivity contribution in [1.29, 1.82) is 0 Å². The molecule has 10 heteroatoms. The molecule has 0 aromatic carbocycles. The van der Waals surface area contributed by atoms with Crippen molar-refractivity contribution < 1.29 is 0 Å². The molecule has 6 rings (SSSR count). The van der Waals surface area contributed by atoms with Gasteiger partial charge in [-0.1, -0.05) is 31.7 Å². The largest absolute Gasteiger partial charge is 0.368 e. The third-order valence-electron chi connectivity index (χ3n) is 7.43. The molecule has 0 saturated heterocycles. The summed E-state index contributed by atoms with van der Waals surface area (Å²) in [5.41, 5.74) is 15.4. The van der Waals surface area contributed by atoms with Crippen molar-refractivity contribution in [2.45, 2.75) is 75.9 Å². The Bertz CT molecular complexity index is 1290. The van der Waals surface area contributed by atoms with Gasteiger partial charge >= 0.3 is 0 Å². The van der Waals surface area contributed by atoms with Crippen LogP contribution in [0.4, 0.5) is 11.8 Å². The standard InChI is InChI=1S/C25H32N10/c26-19-9-4-3-8-18(19)23-31-21-22(32-25(27)33-24(21)35(23)17-6-1-2-7-17)29-15-16-10-11-20(28-14-16)34-13-5-12-30-34/h5,10-14,17-19H,1-4,6-9,15,26H2,(H3,27,29,32,33). The molecule has 2 aliphatic carbocycles. The number of nitrogens with one attached hydrogen (secondary N) is 1. The first-order valence-corrected chi connectivity index (χ1v) is 12.7. The number of rotatable bonds is 6. The molecule has 2 saturated carbocycles. The van der Waals surface area contributed by atoms with Crippen molar-refractivity contribution in [3.63, 3.8) is 0 Å². The van der Waals surface area contributed by atoms with Crippen molar-refractivity contribution in [2.24, 2.45) is 5.73 Å². The minimum Gasteiger partial charge on any atom is -0.368 e. The number of nitrogen functional groups attached to an aromatic ring is 1. The Hall–Kier alpha value is -3.53. The molecule has 0 amide bonds. The van der Waals surface area contributed by atoms with E-state index in [1.165, 1.54) is 25.7 Å². The molecule has 2 atom stereocenters. The van der Waals surface area contributed by atoms with E-state index in [1.807, 2.05) is 30.6 Å². The molecule has 2 fully saturated rings. The topological polar surface area (TPSA) is 138 Å². The van der Waals surface area contributed by atoms with Gasteiger partial charge in [-0.25, -0.2) is 14.6 Å². The van der Waals surface area contributed by atoms with Crippen molar-refractivity contribution in [3.05, 3.63) is 48.2 Å². The van der Waals surface area contributed by atoms with Crippen LogP contribution in [0.3, 0.4) is 0 Å². The maximum Gasteiger partial charge on any atom is 0.224 e. The number of hydrogen-bond donors (Lipinski definition) is 3. The highest BCUT2D eigenvalue weighted by Crippen LogP contribution is 2.40. The van der Waals surface area contributed by atoms with Gasteiger partial charge in [0.25, 0.3) is 0 Å². The molecule has 0 spiro atoms. The molecule has 182 valence electrons. The highest BCUT2D eigenvalue weighted by molar-refractivity contribution is 5.85. The van der Waals surface area contributed by atoms with Crippen molar-refractivity contribution in [1.82, 2.24) is 34.3 Å². The molecule has 2 unspecified atom stereocenters. The molecule has 0 radical (unpaired) electrons. The van der Waals surface area contributed by atoms with Crippen LogP contribution in [0, 0.1) is 0 Å². The van der Waals surface area contributed by atoms with E-state index in [-0.39, 0.29) is 17.9 Å². The Balaban J connectivity index is 1.34. The minimum atomic E-state index is 0.127. The van der Waals surface area contributed by atoms with Gasteiger partial charge in [-0.15, -0.1) is 0 Å². The fraction of sp³-hybridized carbons (Fsp3) is 0.480. The van der Waals surface area contributed by atoms with Gasteiger partial charge in [0, 0.05) is 43.1 Å². The molecule has 4 heterocycles. The van der Waals surface area contributed by atoms with Crippen LogP contribution in [-0.4, -0.2) is 40.3 Å². The zero-order valence-electron chi connectivity index (χ0n) is 19.8. The molecule has 4 aromatic heterocycles. The van der Waals surface area contributed by atoms with Crippen LogP contribution in [0.1, 0.15) is 74.7 Å². The molecular weight excluding hydrogens is 440 g/mol. The molecule has 0 aliphatic heterocycles. The number of hydrogen-bond acceptors (Lipinski definition) is 8. The second-order valence-corrected chi connectivity index (χ2v) is 9.76. The Kier molecular flexibility index (Phi) is 5.81. The summed E-state index contributed by atoms with van der Waals surface area (Å²) in [6.07, 6.45) is 14.7. The predicted molar refractivity (Wildman–Crippen MR) is 135 cm³/mol. The lowest BCUT2D eigenvalue weighted by Gasteiger charge is -2.29. The second kappa shape index (κ2) is 9.26. The zero-order valence-corrected chi connectivity index (χ0v) is 19.8. The number of anilines is 2. The number of pyridine rings is 1. The van der Waals surface area contributed by atoms with Gasteiger partial charge in [0.15, 0.2) is 22.8 Å². The molecule has 5 N–H and O–H groups in total. The van der Waals surface area contributed by atoms with Gasteiger partial charge < -0.3 is 21.4 Å². The van der Waals surface area contributed by atoms with E-state index in [4.69, 9.17) is 16.5 Å². The quantitative estimate of drug-likeness (QED) is 0.386. The molecule has 10 nitrogen and oxygen atoms in total. The Labute approximate surface area is 204 Å². The second-order valence-electron chi connectivity index (χ2n) is 9.76. The maximum atomic E-state index is 6.61. The summed E-state index contributed by atoms with van der Waals surface area (Å²) in [4.78, 5) is 18.9. The summed E-state index contributed by atoms with van der Waals surface area (Å²) < 4.78 is 4.08. The maximum absolute atomic E-state index is 6.61. The smallest absolute Gasteiger partial charge is 0.224 e. The molecular formula is C25H32N10. The van der Waals surface area contributed by atoms with E-state index in [0.29, 0.717) is 18.4 Å². The van der Waals surface area contributed by atoms with E-state index in [0.717, 1.165) is 54.1 Å². The number of aromatic nitrogens is 7. The summed E-state index contributed by atoms with van der Waals surface area (Å²) >= 11 is 0. The normalized spacial score (nSPS) is 21.1. The van der Waals surface area contributed by atoms with Crippen LogP contribution in [0.5, 0.6) is 0 Å². The van der Waals surface area contributed by atoms with Gasteiger partial charge in [0.1, 0.15) is 5.82 Å². The van der Waals surface area contributed by atoms with Crippen LogP contribution < -0.4 is 16.8 Å². The first-order valence-electron chi connectivity index (χ1n) is 12.7. The van der Waals surface area contributed by atoms with Gasteiger partial charge in [0.05, 0.1) is 0 Å². The van der Waals surface area contributed by atoms with Crippen LogP contribution in [-0.2, 0) is 6.54 Å². The first kappa shape index (κ1) is 22.0. The van der Waals surface area contributed by atoms with Gasteiger partial charge in [0.2, 0.25) is 5.95 Å². The first-order chi connectivity index (χ1) is 17.2. The van der Waals surface area contributed by atoms with E-state index in [9.17, 15) is 0 Å². The van der Waals surface area contributed by atoms with E-state index < -0.39 is 0 Å². The van der Waals surface area contributed by atoms with Crippen molar-refractivity contribution in [2.75, 3.05) is 11.1 Å². The number of nitrogens with two attached hydrogens (primary N) is 2. The minimum absolute atomic E-state index is 0.127. The van der Waals surface area contributed by atoms with Gasteiger partial charge in [-0.3, -0.25) is 0 Å². The lowest BCUT2D eigenvalue weighted by Crippen LogP contribution is -2.33. The van der Waals surface area contributed by atoms with E-state index >= 15 is 0 Å². The summed E-state index contributed by atoms with van der Waals surface area (Å²) in [6.45, 7) is 0.548. The lowest BCUT2D eigenvalue weighted by molar-refractivity contribution is 0.354. The molecule has 0 bridgehead atoms. The molecule has 4 aromatic rings. The fourth-order valence-electron chi connectivity index (χ4n) is 5.64. The fourth-order valence-corrected chi connectivity index (χ4v) is 5.64. The Morgan fingerprint density at radius 3 is 2.57 bits per heavy atom. The average Bonchev–Trinajstić information content (AvgIpc) is 3.64. The Morgan fingerprint density at radius 2 is 1.83 bits per heavy atom. The van der Waals surface area contributed by atoms with E-state index in [2.05, 4.69) is 29.9 Å². The lowest BCUT2D eigenvalue weighted by atomic mass is 9.84. The summed E-state index contributed by atoms with van der Waals surface area (Å²) in [5, 5.41) is 7.67. The SMILES string of the molecule is Nc1nc(NCc2ccc(-n3cccn3)nc2)c2nc(C3CCCCC3N)n(C3CCCC3)c2n1. The third-order valence-corrected chi connectivity index (χ3v) is 7.43. The highest BCUT2D eigenvalue weighted by atomic mass is 15.3. The summed E-state index contributed by atoms with van der Waals surface area (Å²) in [6, 6.07) is 6.38. The van der Waals surface area contributed by atoms with Crippen LogP contribution in [0.15, 0.2) is 36.8 Å². The van der Waals surface area contributed by atoms with Crippen molar-refractivity contribution >= 4 is 22.9 Å². The Morgan fingerprint density at radius 1 is 1.00 bits per heavy atom. The van der Waals surface area contributed by atoms with Crippen LogP contribution >= 0.6 is 0 Å². The monoisotopic (exact) mass is 472 g/mol. The van der Waals surface area contributed by atoms with Crippen molar-refractivity contribution in [3.8, 4) is 5.82 Å². The average molecular weight is 473 g/mol. The number of nitrogens with zero attached hydrogens (tertiary/aromatic N) is 7. The highest BCUT2D eigenvalue weighted by Gasteiger charge is 2.33. The molecule has 35 heavy (non-hydrogen) atoms. The van der Waals surface area contributed by atoms with Gasteiger partial charge in [-0.05, 0) is 43.4 Å². The zero-order chi connectivity index (χ0) is 23.8. The summed E-state index contributed by atoms with van der Waals surface area (Å²) in [7, 11) is 0. The van der Waals surface area contributed by atoms with Gasteiger partial charge in [-0.2, -0.15) is 15.1 Å². The van der Waals surface area contributed by atoms with Crippen LogP contribution in [0.2, 0.25) is 0 Å². The third kappa shape index (κ3) is 4.22. The number of fused-ring (bicyclic) bond motifs is 1. The number of imidazole rings is 1. The van der Waals surface area contributed by atoms with Crippen LogP contribution in [0.25, 0.3) is 17.0 Å². The molecule has 2 aliphatic rings. The summed E-state index contributed by atoms with van der Waals surface area (Å²) in [5.74, 6) is 2.99. The predicted octanol–water partition coefficient (Wildman–Crippen LogP) is 3.70. The van der Waals surface area contributed by atoms with E-state index in [1.54, 1.807) is 10.9 Å².